The molecule has 1 fully saturated rings. The molecule has 168 valence electrons. The first-order valence-electron chi connectivity index (χ1n) is 11.0. The summed E-state index contributed by atoms with van der Waals surface area (Å²) in [6.45, 7) is 9.00. The molecule has 1 aliphatic heterocycles. The maximum absolute atomic E-state index is 12.5. The second-order valence-corrected chi connectivity index (χ2v) is 9.44. The number of piperidine rings is 1. The van der Waals surface area contributed by atoms with E-state index in [1.165, 1.54) is 43.5 Å². The molecule has 1 atom stereocenters. The number of ketones is 1. The van der Waals surface area contributed by atoms with Crippen molar-refractivity contribution in [2.75, 3.05) is 18.8 Å². The van der Waals surface area contributed by atoms with E-state index in [0.717, 1.165) is 30.6 Å². The number of likely N-dealkylation sites (tertiary alicyclic amines) is 1. The van der Waals surface area contributed by atoms with Crippen molar-refractivity contribution in [1.29, 1.82) is 0 Å². The molecule has 2 heterocycles. The first-order chi connectivity index (χ1) is 14.9. The van der Waals surface area contributed by atoms with Crippen molar-refractivity contribution >= 4 is 23.5 Å². The lowest BCUT2D eigenvalue weighted by Gasteiger charge is -2.26. The molecule has 1 amide bonds. The number of carbonyl (C=O) groups is 2. The zero-order valence-corrected chi connectivity index (χ0v) is 19.5. The van der Waals surface area contributed by atoms with Crippen molar-refractivity contribution in [3.8, 4) is 0 Å². The smallest absolute Gasteiger partial charge is 0.231 e. The van der Waals surface area contributed by atoms with Gasteiger partial charge in [-0.15, -0.1) is 10.2 Å². The summed E-state index contributed by atoms with van der Waals surface area (Å²) in [5.41, 5.74) is 1.17. The Morgan fingerprint density at radius 1 is 1.06 bits per heavy atom. The number of rotatable bonds is 10. The van der Waals surface area contributed by atoms with Gasteiger partial charge in [-0.1, -0.05) is 62.4 Å². The maximum Gasteiger partial charge on any atom is 0.231 e. The molecule has 1 aromatic carbocycles. The van der Waals surface area contributed by atoms with E-state index in [4.69, 9.17) is 0 Å². The normalized spacial score (nSPS) is 15.7. The minimum absolute atomic E-state index is 0.0237. The van der Waals surface area contributed by atoms with Crippen molar-refractivity contribution < 1.29 is 9.59 Å². The van der Waals surface area contributed by atoms with Crippen molar-refractivity contribution in [3.63, 3.8) is 0 Å². The molecule has 1 saturated heterocycles. The number of hydrogen-bond acceptors (Lipinski definition) is 6. The van der Waals surface area contributed by atoms with Gasteiger partial charge in [-0.25, -0.2) is 0 Å². The van der Waals surface area contributed by atoms with Gasteiger partial charge in [-0.2, -0.15) is 0 Å². The number of aromatic nitrogens is 3. The van der Waals surface area contributed by atoms with Crippen LogP contribution in [0.1, 0.15) is 51.4 Å². The van der Waals surface area contributed by atoms with Crippen molar-refractivity contribution in [3.05, 3.63) is 41.7 Å². The van der Waals surface area contributed by atoms with Gasteiger partial charge < -0.3 is 9.88 Å². The number of benzene rings is 1. The van der Waals surface area contributed by atoms with Crippen LogP contribution in [0.3, 0.4) is 0 Å². The summed E-state index contributed by atoms with van der Waals surface area (Å²) in [5, 5.41) is 12.5. The highest BCUT2D eigenvalue weighted by Crippen LogP contribution is 2.21. The van der Waals surface area contributed by atoms with Crippen LogP contribution in [0.5, 0.6) is 0 Å². The van der Waals surface area contributed by atoms with Crippen LogP contribution in [-0.2, 0) is 22.7 Å². The van der Waals surface area contributed by atoms with Crippen LogP contribution in [0, 0.1) is 5.92 Å². The van der Waals surface area contributed by atoms with Gasteiger partial charge in [-0.05, 0) is 44.3 Å². The van der Waals surface area contributed by atoms with Crippen molar-refractivity contribution in [2.45, 2.75) is 64.3 Å². The lowest BCUT2D eigenvalue weighted by atomic mass is 10.0. The zero-order chi connectivity index (χ0) is 22.2. The van der Waals surface area contributed by atoms with E-state index < -0.39 is 6.04 Å². The SMILES string of the molecule is CC(=O)C(NC(=O)CSc1nnc(CN2CCCCC2)n1Cc1ccccc1)C(C)C. The number of nitrogens with zero attached hydrogens (tertiary/aromatic N) is 4. The third kappa shape index (κ3) is 6.90. The quantitative estimate of drug-likeness (QED) is 0.568. The minimum atomic E-state index is -0.454. The Labute approximate surface area is 189 Å². The van der Waals surface area contributed by atoms with Gasteiger partial charge in [-0.3, -0.25) is 14.5 Å². The van der Waals surface area contributed by atoms with Gasteiger partial charge in [0.1, 0.15) is 5.82 Å². The lowest BCUT2D eigenvalue weighted by Crippen LogP contribution is -2.44. The van der Waals surface area contributed by atoms with E-state index in [1.54, 1.807) is 0 Å². The predicted molar refractivity (Wildman–Crippen MR) is 123 cm³/mol. The monoisotopic (exact) mass is 443 g/mol. The molecule has 0 bridgehead atoms. The fourth-order valence-electron chi connectivity index (χ4n) is 3.87. The van der Waals surface area contributed by atoms with Crippen LogP contribution in [0.15, 0.2) is 35.5 Å². The summed E-state index contributed by atoms with van der Waals surface area (Å²) in [7, 11) is 0. The van der Waals surface area contributed by atoms with Gasteiger partial charge in [0.2, 0.25) is 5.91 Å². The molecule has 1 unspecified atom stereocenters. The van der Waals surface area contributed by atoms with E-state index in [1.807, 2.05) is 32.0 Å². The molecular weight excluding hydrogens is 410 g/mol. The summed E-state index contributed by atoms with van der Waals surface area (Å²) in [5.74, 6) is 1.00. The summed E-state index contributed by atoms with van der Waals surface area (Å²) in [6, 6.07) is 9.78. The summed E-state index contributed by atoms with van der Waals surface area (Å²) in [6.07, 6.45) is 3.74. The van der Waals surface area contributed by atoms with E-state index >= 15 is 0 Å². The number of amides is 1. The highest BCUT2D eigenvalue weighted by molar-refractivity contribution is 7.99. The van der Waals surface area contributed by atoms with E-state index in [9.17, 15) is 9.59 Å². The number of carbonyl (C=O) groups excluding carboxylic acids is 2. The van der Waals surface area contributed by atoms with Gasteiger partial charge >= 0.3 is 0 Å². The maximum atomic E-state index is 12.5. The fraction of sp³-hybridized carbons (Fsp3) is 0.565. The summed E-state index contributed by atoms with van der Waals surface area (Å²) >= 11 is 1.37. The second-order valence-electron chi connectivity index (χ2n) is 8.50. The van der Waals surface area contributed by atoms with Crippen LogP contribution in [0.2, 0.25) is 0 Å². The molecule has 7 nitrogen and oxygen atoms in total. The molecule has 0 aliphatic carbocycles. The molecule has 8 heteroatoms. The highest BCUT2D eigenvalue weighted by Gasteiger charge is 2.22. The number of nitrogens with one attached hydrogen (secondary N) is 1. The number of thioether (sulfide) groups is 1. The Morgan fingerprint density at radius 3 is 2.42 bits per heavy atom. The Morgan fingerprint density at radius 2 is 1.77 bits per heavy atom. The van der Waals surface area contributed by atoms with Crippen molar-refractivity contribution in [1.82, 2.24) is 25.0 Å². The molecule has 31 heavy (non-hydrogen) atoms. The van der Waals surface area contributed by atoms with Crippen LogP contribution in [0.4, 0.5) is 0 Å². The molecule has 2 aromatic rings. The summed E-state index contributed by atoms with van der Waals surface area (Å²) < 4.78 is 2.12. The second kappa shape index (κ2) is 11.4. The number of hydrogen-bond donors (Lipinski definition) is 1. The van der Waals surface area contributed by atoms with Crippen LogP contribution < -0.4 is 5.32 Å². The van der Waals surface area contributed by atoms with Crippen LogP contribution >= 0.6 is 11.8 Å². The molecule has 3 rings (SSSR count). The van der Waals surface area contributed by atoms with Gasteiger partial charge in [0.15, 0.2) is 10.9 Å². The lowest BCUT2D eigenvalue weighted by molar-refractivity contribution is -0.126. The highest BCUT2D eigenvalue weighted by atomic mass is 32.2. The summed E-state index contributed by atoms with van der Waals surface area (Å²) in [4.78, 5) is 26.7. The molecule has 0 saturated carbocycles. The van der Waals surface area contributed by atoms with Gasteiger partial charge in [0, 0.05) is 0 Å². The topological polar surface area (TPSA) is 80.1 Å². The molecule has 1 aliphatic rings. The molecule has 0 spiro atoms. The first-order valence-corrected chi connectivity index (χ1v) is 12.0. The van der Waals surface area contributed by atoms with E-state index in [2.05, 4.69) is 37.1 Å². The predicted octanol–water partition coefficient (Wildman–Crippen LogP) is 3.13. The van der Waals surface area contributed by atoms with E-state index in [-0.39, 0.29) is 23.4 Å². The molecule has 1 aromatic heterocycles. The van der Waals surface area contributed by atoms with Gasteiger partial charge in [0.25, 0.3) is 0 Å². The van der Waals surface area contributed by atoms with Crippen LogP contribution in [-0.4, -0.2) is 56.2 Å². The third-order valence-corrected chi connectivity index (χ3v) is 6.51. The average molecular weight is 444 g/mol. The Balaban J connectivity index is 1.71. The Bertz CT molecular complexity index is 862. The Kier molecular flexibility index (Phi) is 8.66. The van der Waals surface area contributed by atoms with Crippen LogP contribution in [0.25, 0.3) is 0 Å². The zero-order valence-electron chi connectivity index (χ0n) is 18.7. The fourth-order valence-corrected chi connectivity index (χ4v) is 4.64. The first kappa shape index (κ1) is 23.5. The largest absolute Gasteiger partial charge is 0.345 e. The number of Topliss-reactive ketones (excluding diaryl/α,β-unsaturated/α-hetero) is 1. The average Bonchev–Trinajstić information content (AvgIpc) is 3.12. The molecule has 0 radical (unpaired) electrons. The Hall–Kier alpha value is -2.19. The molecular formula is C23H33N5O2S. The van der Waals surface area contributed by atoms with E-state index in [0.29, 0.717) is 6.54 Å². The third-order valence-electron chi connectivity index (χ3n) is 5.54. The standard InChI is InChI=1S/C23H33N5O2S/c1-17(2)22(18(3)29)24-21(30)16-31-23-26-25-20(15-27-12-8-5-9-13-27)28(23)14-19-10-6-4-7-11-19/h4,6-7,10-11,17,22H,5,8-9,12-16H2,1-3H3,(H,24,30). The molecule has 1 N–H and O–H groups in total. The minimum Gasteiger partial charge on any atom is -0.345 e. The van der Waals surface area contributed by atoms with Crippen molar-refractivity contribution in [2.24, 2.45) is 5.92 Å². The van der Waals surface area contributed by atoms with Gasteiger partial charge in [0.05, 0.1) is 24.9 Å².